The first kappa shape index (κ1) is 12.9. The number of hydrogen-bond acceptors (Lipinski definition) is 4. The van der Waals surface area contributed by atoms with Crippen molar-refractivity contribution in [2.45, 2.75) is 13.3 Å². The van der Waals surface area contributed by atoms with E-state index in [0.717, 1.165) is 28.9 Å². The van der Waals surface area contributed by atoms with E-state index in [1.807, 2.05) is 44.9 Å². The molecule has 16 heavy (non-hydrogen) atoms. The molecule has 0 amide bonds. The average Bonchev–Trinajstić information content (AvgIpc) is 2.57. The third kappa shape index (κ3) is 3.77. The first-order valence-corrected chi connectivity index (χ1v) is 6.00. The highest BCUT2D eigenvalue weighted by Crippen LogP contribution is 2.08. The van der Waals surface area contributed by atoms with Crippen LogP contribution in [-0.2, 0) is 6.42 Å². The van der Waals surface area contributed by atoms with Gasteiger partial charge in [0.1, 0.15) is 10.0 Å². The second-order valence-electron chi connectivity index (χ2n) is 3.94. The second-order valence-corrected chi connectivity index (χ2v) is 5.20. The quantitative estimate of drug-likeness (QED) is 0.582. The molecule has 0 N–H and O–H groups in total. The number of guanidine groups is 1. The molecule has 0 unspecified atom stereocenters. The Kier molecular flexibility index (Phi) is 4.67. The fraction of sp³-hybridized carbons (Fsp3) is 0.700. The van der Waals surface area contributed by atoms with Crippen molar-refractivity contribution in [2.75, 3.05) is 34.7 Å². The molecule has 0 saturated carbocycles. The summed E-state index contributed by atoms with van der Waals surface area (Å²) in [5.41, 5.74) is 0. The molecule has 1 rings (SSSR count). The summed E-state index contributed by atoms with van der Waals surface area (Å²) >= 11 is 1.64. The van der Waals surface area contributed by atoms with Crippen molar-refractivity contribution in [1.29, 1.82) is 0 Å². The van der Waals surface area contributed by atoms with Gasteiger partial charge in [-0.1, -0.05) is 0 Å². The van der Waals surface area contributed by atoms with Crippen molar-refractivity contribution in [1.82, 2.24) is 20.0 Å². The molecule has 0 aliphatic carbocycles. The molecule has 1 aromatic rings. The standard InChI is InChI=1S/C10H19N5S/c1-8-12-13-9(16-8)6-7-11-10(14(2)3)15(4)5/h6-7H2,1-5H3. The van der Waals surface area contributed by atoms with Gasteiger partial charge in [-0.3, -0.25) is 4.99 Å². The highest BCUT2D eigenvalue weighted by molar-refractivity contribution is 7.11. The van der Waals surface area contributed by atoms with Gasteiger partial charge in [-0.2, -0.15) is 0 Å². The Balaban J connectivity index is 2.51. The number of aryl methyl sites for hydroxylation is 1. The smallest absolute Gasteiger partial charge is 0.195 e. The molecule has 0 fully saturated rings. The average molecular weight is 241 g/mol. The molecule has 0 saturated heterocycles. The predicted octanol–water partition coefficient (Wildman–Crippen LogP) is 0.868. The lowest BCUT2D eigenvalue weighted by molar-refractivity contribution is 0.479. The summed E-state index contributed by atoms with van der Waals surface area (Å²) in [6.45, 7) is 2.72. The molecular weight excluding hydrogens is 222 g/mol. The molecule has 0 radical (unpaired) electrons. The zero-order valence-electron chi connectivity index (χ0n) is 10.6. The van der Waals surface area contributed by atoms with Crippen LogP contribution in [0.2, 0.25) is 0 Å². The van der Waals surface area contributed by atoms with Crippen LogP contribution in [-0.4, -0.2) is 60.7 Å². The Hall–Kier alpha value is -1.17. The number of hydrogen-bond donors (Lipinski definition) is 0. The van der Waals surface area contributed by atoms with Gasteiger partial charge in [0.05, 0.1) is 0 Å². The molecule has 0 aliphatic rings. The number of aromatic nitrogens is 2. The van der Waals surface area contributed by atoms with Gasteiger partial charge in [0.15, 0.2) is 5.96 Å². The molecular formula is C10H19N5S. The number of nitrogens with zero attached hydrogens (tertiary/aromatic N) is 5. The Morgan fingerprint density at radius 2 is 1.81 bits per heavy atom. The summed E-state index contributed by atoms with van der Waals surface area (Å²) in [7, 11) is 7.98. The SMILES string of the molecule is Cc1nnc(CCN=C(N(C)C)N(C)C)s1. The summed E-state index contributed by atoms with van der Waals surface area (Å²) in [6, 6.07) is 0. The Labute approximate surface area is 101 Å². The van der Waals surface area contributed by atoms with Crippen LogP contribution in [0.15, 0.2) is 4.99 Å². The van der Waals surface area contributed by atoms with E-state index in [9.17, 15) is 0 Å². The van der Waals surface area contributed by atoms with Crippen LogP contribution in [0.1, 0.15) is 10.0 Å². The molecule has 0 spiro atoms. The van der Waals surface area contributed by atoms with Crippen LogP contribution in [0, 0.1) is 6.92 Å². The van der Waals surface area contributed by atoms with Gasteiger partial charge in [0.25, 0.3) is 0 Å². The van der Waals surface area contributed by atoms with Gasteiger partial charge in [-0.15, -0.1) is 21.5 Å². The van der Waals surface area contributed by atoms with E-state index < -0.39 is 0 Å². The van der Waals surface area contributed by atoms with E-state index in [1.165, 1.54) is 0 Å². The predicted molar refractivity (Wildman–Crippen MR) is 68.0 cm³/mol. The lowest BCUT2D eigenvalue weighted by Crippen LogP contribution is -2.35. The van der Waals surface area contributed by atoms with Crippen molar-refractivity contribution in [3.63, 3.8) is 0 Å². The molecule has 0 aliphatic heterocycles. The molecule has 1 heterocycles. The van der Waals surface area contributed by atoms with Crippen LogP contribution in [0.25, 0.3) is 0 Å². The molecule has 0 aromatic carbocycles. The Bertz CT molecular complexity index is 346. The van der Waals surface area contributed by atoms with Crippen LogP contribution < -0.4 is 0 Å². The molecule has 0 atom stereocenters. The van der Waals surface area contributed by atoms with E-state index in [1.54, 1.807) is 11.3 Å². The van der Waals surface area contributed by atoms with Gasteiger partial charge in [0.2, 0.25) is 0 Å². The van der Waals surface area contributed by atoms with E-state index in [0.29, 0.717) is 0 Å². The summed E-state index contributed by atoms with van der Waals surface area (Å²) in [5, 5.41) is 10.1. The molecule has 5 nitrogen and oxygen atoms in total. The number of rotatable bonds is 3. The van der Waals surface area contributed by atoms with E-state index in [-0.39, 0.29) is 0 Å². The van der Waals surface area contributed by atoms with Crippen LogP contribution in [0.3, 0.4) is 0 Å². The van der Waals surface area contributed by atoms with E-state index >= 15 is 0 Å². The van der Waals surface area contributed by atoms with Gasteiger partial charge in [-0.05, 0) is 6.92 Å². The van der Waals surface area contributed by atoms with Crippen molar-refractivity contribution in [3.05, 3.63) is 10.0 Å². The molecule has 90 valence electrons. The van der Waals surface area contributed by atoms with E-state index in [4.69, 9.17) is 0 Å². The normalized spacial score (nSPS) is 10.1. The minimum absolute atomic E-state index is 0.750. The maximum Gasteiger partial charge on any atom is 0.195 e. The maximum absolute atomic E-state index is 4.53. The Morgan fingerprint density at radius 1 is 1.19 bits per heavy atom. The zero-order valence-corrected chi connectivity index (χ0v) is 11.4. The highest BCUT2D eigenvalue weighted by atomic mass is 32.1. The lowest BCUT2D eigenvalue weighted by atomic mass is 10.4. The van der Waals surface area contributed by atoms with Crippen LogP contribution in [0.4, 0.5) is 0 Å². The largest absolute Gasteiger partial charge is 0.349 e. The summed E-state index contributed by atoms with van der Waals surface area (Å²) in [4.78, 5) is 8.55. The molecule has 6 heteroatoms. The monoisotopic (exact) mass is 241 g/mol. The van der Waals surface area contributed by atoms with Crippen LogP contribution >= 0.6 is 11.3 Å². The first-order chi connectivity index (χ1) is 7.50. The lowest BCUT2D eigenvalue weighted by Gasteiger charge is -2.22. The topological polar surface area (TPSA) is 44.6 Å². The van der Waals surface area contributed by atoms with Gasteiger partial charge >= 0.3 is 0 Å². The fourth-order valence-corrected chi connectivity index (χ4v) is 2.07. The van der Waals surface area contributed by atoms with Gasteiger partial charge < -0.3 is 9.80 Å². The Morgan fingerprint density at radius 3 is 2.25 bits per heavy atom. The van der Waals surface area contributed by atoms with Crippen LogP contribution in [0.5, 0.6) is 0 Å². The first-order valence-electron chi connectivity index (χ1n) is 5.18. The molecule has 0 bridgehead atoms. The van der Waals surface area contributed by atoms with Crippen molar-refractivity contribution in [3.8, 4) is 0 Å². The fourth-order valence-electron chi connectivity index (χ4n) is 1.37. The second kappa shape index (κ2) is 5.79. The van der Waals surface area contributed by atoms with Crippen molar-refractivity contribution in [2.24, 2.45) is 4.99 Å². The number of aliphatic imine (C=N–C) groups is 1. The summed E-state index contributed by atoms with van der Waals surface area (Å²) in [6.07, 6.45) is 0.858. The zero-order chi connectivity index (χ0) is 12.1. The van der Waals surface area contributed by atoms with Crippen molar-refractivity contribution >= 4 is 17.3 Å². The van der Waals surface area contributed by atoms with E-state index in [2.05, 4.69) is 15.2 Å². The minimum Gasteiger partial charge on any atom is -0.349 e. The molecule has 1 aromatic heterocycles. The highest BCUT2D eigenvalue weighted by Gasteiger charge is 2.04. The third-order valence-corrected chi connectivity index (χ3v) is 2.85. The summed E-state index contributed by atoms with van der Waals surface area (Å²) < 4.78 is 0. The maximum atomic E-state index is 4.53. The third-order valence-electron chi connectivity index (χ3n) is 1.95. The minimum atomic E-state index is 0.750. The van der Waals surface area contributed by atoms with Gasteiger partial charge in [0, 0.05) is 41.2 Å². The summed E-state index contributed by atoms with van der Waals surface area (Å²) in [5.74, 6) is 0.973. The van der Waals surface area contributed by atoms with Crippen molar-refractivity contribution < 1.29 is 0 Å². The van der Waals surface area contributed by atoms with Gasteiger partial charge in [-0.25, -0.2) is 0 Å².